The zero-order valence-electron chi connectivity index (χ0n) is 13.3. The Hall–Kier alpha value is -1.77. The van der Waals surface area contributed by atoms with E-state index in [1.807, 2.05) is 0 Å². The number of aromatic nitrogens is 2. The van der Waals surface area contributed by atoms with E-state index in [4.69, 9.17) is 14.2 Å². The number of amides is 1. The molecule has 126 valence electrons. The average molecular weight is 322 g/mol. The van der Waals surface area contributed by atoms with Gasteiger partial charge in [0.1, 0.15) is 11.5 Å². The van der Waals surface area contributed by atoms with Crippen molar-refractivity contribution in [3.63, 3.8) is 0 Å². The van der Waals surface area contributed by atoms with Crippen LogP contribution in [0.15, 0.2) is 12.4 Å². The van der Waals surface area contributed by atoms with Gasteiger partial charge in [-0.1, -0.05) is 0 Å². The predicted octanol–water partition coefficient (Wildman–Crippen LogP) is 0.196. The summed E-state index contributed by atoms with van der Waals surface area (Å²) in [4.78, 5) is 22.6. The summed E-state index contributed by atoms with van der Waals surface area (Å²) in [5.74, 6) is 0.128. The fourth-order valence-electron chi connectivity index (χ4n) is 2.82. The van der Waals surface area contributed by atoms with Gasteiger partial charge in [-0.05, 0) is 0 Å². The summed E-state index contributed by atoms with van der Waals surface area (Å²) in [6.45, 7) is 3.87. The van der Waals surface area contributed by atoms with Crippen molar-refractivity contribution in [2.75, 3.05) is 51.5 Å². The zero-order valence-corrected chi connectivity index (χ0v) is 13.3. The molecule has 1 N–H and O–H groups in total. The Bertz CT molecular complexity index is 521. The summed E-state index contributed by atoms with van der Waals surface area (Å²) >= 11 is 0. The van der Waals surface area contributed by atoms with Crippen LogP contribution in [0.5, 0.6) is 0 Å². The van der Waals surface area contributed by atoms with Gasteiger partial charge in [0.25, 0.3) is 5.91 Å². The van der Waals surface area contributed by atoms with Crippen LogP contribution in [0.1, 0.15) is 23.3 Å². The molecule has 0 aromatic carbocycles. The molecular formula is C15H22N4O4. The predicted molar refractivity (Wildman–Crippen MR) is 82.3 cm³/mol. The van der Waals surface area contributed by atoms with Gasteiger partial charge in [-0.15, -0.1) is 0 Å². The summed E-state index contributed by atoms with van der Waals surface area (Å²) in [7, 11) is 1.59. The van der Waals surface area contributed by atoms with Gasteiger partial charge < -0.3 is 24.4 Å². The standard InChI is InChI=1S/C15H22N4O4/c1-21-7-4-16-14(20)12-10-18-13(11-17-12)19-5-2-15(3-6-19)22-8-9-23-15/h10-11H,2-9H2,1H3,(H,16,20). The van der Waals surface area contributed by atoms with Gasteiger partial charge in [0.05, 0.1) is 32.2 Å². The number of methoxy groups -OCH3 is 1. The number of carbonyl (C=O) groups excluding carboxylic acids is 1. The summed E-state index contributed by atoms with van der Waals surface area (Å²) in [5.41, 5.74) is 0.306. The fourth-order valence-corrected chi connectivity index (χ4v) is 2.82. The Morgan fingerprint density at radius 2 is 2.04 bits per heavy atom. The molecule has 3 heterocycles. The highest BCUT2D eigenvalue weighted by Gasteiger charge is 2.40. The molecule has 1 aromatic rings. The molecule has 0 bridgehead atoms. The highest BCUT2D eigenvalue weighted by molar-refractivity contribution is 5.91. The van der Waals surface area contributed by atoms with Crippen LogP contribution in [0.4, 0.5) is 5.82 Å². The zero-order chi connectivity index (χ0) is 16.1. The normalized spacial score (nSPS) is 20.0. The van der Waals surface area contributed by atoms with Crippen molar-refractivity contribution < 1.29 is 19.0 Å². The Balaban J connectivity index is 1.54. The third-order valence-corrected chi connectivity index (χ3v) is 4.13. The Morgan fingerprint density at radius 1 is 1.30 bits per heavy atom. The van der Waals surface area contributed by atoms with E-state index in [9.17, 15) is 4.79 Å². The van der Waals surface area contributed by atoms with Gasteiger partial charge in [-0.25, -0.2) is 9.97 Å². The molecule has 0 radical (unpaired) electrons. The summed E-state index contributed by atoms with van der Waals surface area (Å²) in [6.07, 6.45) is 4.77. The number of hydrogen-bond donors (Lipinski definition) is 1. The van der Waals surface area contributed by atoms with E-state index in [0.29, 0.717) is 32.1 Å². The molecule has 0 unspecified atom stereocenters. The summed E-state index contributed by atoms with van der Waals surface area (Å²) < 4.78 is 16.3. The number of nitrogens with one attached hydrogen (secondary N) is 1. The first kappa shape index (κ1) is 16.1. The maximum Gasteiger partial charge on any atom is 0.271 e. The highest BCUT2D eigenvalue weighted by atomic mass is 16.7. The van der Waals surface area contributed by atoms with Crippen molar-refractivity contribution >= 4 is 11.7 Å². The van der Waals surface area contributed by atoms with E-state index in [1.54, 1.807) is 13.3 Å². The van der Waals surface area contributed by atoms with Gasteiger partial charge in [0, 0.05) is 39.6 Å². The quantitative estimate of drug-likeness (QED) is 0.775. The first-order chi connectivity index (χ1) is 11.2. The lowest BCUT2D eigenvalue weighted by atomic mass is 10.0. The van der Waals surface area contributed by atoms with E-state index in [-0.39, 0.29) is 5.91 Å². The average Bonchev–Trinajstić information content (AvgIpc) is 3.04. The molecule has 0 atom stereocenters. The minimum atomic E-state index is -0.398. The lowest BCUT2D eigenvalue weighted by molar-refractivity contribution is -0.169. The molecule has 3 rings (SSSR count). The third-order valence-electron chi connectivity index (χ3n) is 4.13. The van der Waals surface area contributed by atoms with Crippen molar-refractivity contribution in [2.45, 2.75) is 18.6 Å². The SMILES string of the molecule is COCCNC(=O)c1cnc(N2CCC3(CC2)OCCO3)cn1. The van der Waals surface area contributed by atoms with Gasteiger partial charge >= 0.3 is 0 Å². The number of nitrogens with zero attached hydrogens (tertiary/aromatic N) is 3. The van der Waals surface area contributed by atoms with Crippen LogP contribution < -0.4 is 10.2 Å². The van der Waals surface area contributed by atoms with E-state index in [2.05, 4.69) is 20.2 Å². The van der Waals surface area contributed by atoms with Crippen LogP contribution in [0, 0.1) is 0 Å². The summed E-state index contributed by atoms with van der Waals surface area (Å²) in [6, 6.07) is 0. The molecule has 2 fully saturated rings. The van der Waals surface area contributed by atoms with E-state index >= 15 is 0 Å². The van der Waals surface area contributed by atoms with Crippen molar-refractivity contribution in [1.29, 1.82) is 0 Å². The monoisotopic (exact) mass is 322 g/mol. The fraction of sp³-hybridized carbons (Fsp3) is 0.667. The van der Waals surface area contributed by atoms with Crippen LogP contribution in [0.25, 0.3) is 0 Å². The molecule has 2 saturated heterocycles. The molecule has 23 heavy (non-hydrogen) atoms. The molecule has 8 nitrogen and oxygen atoms in total. The maximum absolute atomic E-state index is 11.9. The number of anilines is 1. The minimum Gasteiger partial charge on any atom is -0.383 e. The van der Waals surface area contributed by atoms with Gasteiger partial charge in [-0.3, -0.25) is 4.79 Å². The third kappa shape index (κ3) is 3.77. The second-order valence-electron chi connectivity index (χ2n) is 5.60. The first-order valence-electron chi connectivity index (χ1n) is 7.84. The molecule has 1 spiro atoms. The van der Waals surface area contributed by atoms with Crippen molar-refractivity contribution in [3.8, 4) is 0 Å². The smallest absolute Gasteiger partial charge is 0.271 e. The molecule has 2 aliphatic heterocycles. The molecule has 1 amide bonds. The molecule has 0 aliphatic carbocycles. The van der Waals surface area contributed by atoms with Crippen LogP contribution in [0.3, 0.4) is 0 Å². The molecule has 8 heteroatoms. The first-order valence-corrected chi connectivity index (χ1v) is 7.84. The van der Waals surface area contributed by atoms with Gasteiger partial charge in [-0.2, -0.15) is 0 Å². The van der Waals surface area contributed by atoms with Crippen LogP contribution in [-0.4, -0.2) is 68.2 Å². The second kappa shape index (κ2) is 7.20. The van der Waals surface area contributed by atoms with Gasteiger partial charge in [0.15, 0.2) is 5.79 Å². The second-order valence-corrected chi connectivity index (χ2v) is 5.60. The van der Waals surface area contributed by atoms with Crippen molar-refractivity contribution in [2.24, 2.45) is 0 Å². The Kier molecular flexibility index (Phi) is 5.04. The maximum atomic E-state index is 11.9. The van der Waals surface area contributed by atoms with E-state index in [0.717, 1.165) is 31.7 Å². The lowest BCUT2D eigenvalue weighted by Gasteiger charge is -2.37. The Labute approximate surface area is 135 Å². The molecule has 2 aliphatic rings. The largest absolute Gasteiger partial charge is 0.383 e. The number of ether oxygens (including phenoxy) is 3. The lowest BCUT2D eigenvalue weighted by Crippen LogP contribution is -2.45. The number of carbonyl (C=O) groups is 1. The minimum absolute atomic E-state index is 0.244. The summed E-state index contributed by atoms with van der Waals surface area (Å²) in [5, 5.41) is 2.72. The van der Waals surface area contributed by atoms with Crippen LogP contribution in [0.2, 0.25) is 0 Å². The molecule has 0 saturated carbocycles. The molecule has 1 aromatic heterocycles. The van der Waals surface area contributed by atoms with Crippen molar-refractivity contribution in [3.05, 3.63) is 18.1 Å². The topological polar surface area (TPSA) is 85.8 Å². The Morgan fingerprint density at radius 3 is 2.65 bits per heavy atom. The molecular weight excluding hydrogens is 300 g/mol. The van der Waals surface area contributed by atoms with Crippen LogP contribution in [-0.2, 0) is 14.2 Å². The van der Waals surface area contributed by atoms with Crippen LogP contribution >= 0.6 is 0 Å². The highest BCUT2D eigenvalue weighted by Crippen LogP contribution is 2.32. The van der Waals surface area contributed by atoms with E-state index < -0.39 is 5.79 Å². The number of rotatable bonds is 5. The van der Waals surface area contributed by atoms with Crippen molar-refractivity contribution in [1.82, 2.24) is 15.3 Å². The number of hydrogen-bond acceptors (Lipinski definition) is 7. The number of piperidine rings is 1. The van der Waals surface area contributed by atoms with E-state index in [1.165, 1.54) is 6.20 Å². The van der Waals surface area contributed by atoms with Gasteiger partial charge in [0.2, 0.25) is 0 Å².